The second kappa shape index (κ2) is 11.6. The van der Waals surface area contributed by atoms with Crippen molar-refractivity contribution in [1.29, 1.82) is 0 Å². The number of aliphatic imine (C=N–C) groups is 1. The summed E-state index contributed by atoms with van der Waals surface area (Å²) < 4.78 is 18.0. The summed E-state index contributed by atoms with van der Waals surface area (Å²) in [6.07, 6.45) is 10.6. The second-order valence-corrected chi connectivity index (χ2v) is 14.0. The molecule has 2 fully saturated rings. The Labute approximate surface area is 276 Å². The molecule has 1 saturated heterocycles. The van der Waals surface area contributed by atoms with Crippen LogP contribution in [0.2, 0.25) is 0 Å². The van der Waals surface area contributed by atoms with E-state index in [1.165, 1.54) is 29.5 Å². The van der Waals surface area contributed by atoms with Crippen LogP contribution in [0, 0.1) is 19.3 Å². The first-order valence-electron chi connectivity index (χ1n) is 16.9. The van der Waals surface area contributed by atoms with Gasteiger partial charge >= 0.3 is 0 Å². The predicted molar refractivity (Wildman–Crippen MR) is 181 cm³/mol. The third kappa shape index (κ3) is 5.47. The largest absolute Gasteiger partial charge is 0.493 e. The minimum atomic E-state index is 0.0113. The first-order valence-corrected chi connectivity index (χ1v) is 16.9. The number of hydrogen-bond donors (Lipinski definition) is 0. The van der Waals surface area contributed by atoms with Crippen LogP contribution in [0.3, 0.4) is 0 Å². The number of rotatable bonds is 8. The van der Waals surface area contributed by atoms with Crippen molar-refractivity contribution in [2.45, 2.75) is 70.9 Å². The number of fused-ring (bicyclic) bond motifs is 4. The molecule has 4 heterocycles. The summed E-state index contributed by atoms with van der Waals surface area (Å²) >= 11 is 0. The third-order valence-electron chi connectivity index (χ3n) is 10.6. The zero-order valence-corrected chi connectivity index (χ0v) is 27.4. The molecule has 0 N–H and O–H groups in total. The maximum absolute atomic E-state index is 13.7. The van der Waals surface area contributed by atoms with Crippen LogP contribution >= 0.6 is 0 Å². The van der Waals surface area contributed by atoms with E-state index in [-0.39, 0.29) is 23.9 Å². The van der Waals surface area contributed by atoms with Crippen LogP contribution < -0.4 is 14.2 Å². The van der Waals surface area contributed by atoms with Gasteiger partial charge in [0, 0.05) is 43.1 Å². The quantitative estimate of drug-likeness (QED) is 0.249. The molecule has 1 aliphatic carbocycles. The highest BCUT2D eigenvalue weighted by Gasteiger charge is 2.53. The number of nitrogens with zero attached hydrogens (tertiary/aromatic N) is 3. The van der Waals surface area contributed by atoms with Gasteiger partial charge in [-0.2, -0.15) is 0 Å². The molecular weight excluding hydrogens is 590 g/mol. The fraction of sp³-hybridized carbons (Fsp3) is 0.410. The molecule has 2 amide bonds. The molecule has 0 radical (unpaired) electrons. The highest BCUT2D eigenvalue weighted by atomic mass is 16.5. The summed E-state index contributed by atoms with van der Waals surface area (Å²) in [4.78, 5) is 35.8. The first kappa shape index (κ1) is 29.8. The minimum absolute atomic E-state index is 0.0113. The smallest absolute Gasteiger partial charge is 0.258 e. The molecule has 1 spiro atoms. The van der Waals surface area contributed by atoms with Crippen molar-refractivity contribution >= 4 is 29.3 Å². The maximum Gasteiger partial charge on any atom is 0.258 e. The number of ether oxygens (including phenoxy) is 3. The van der Waals surface area contributed by atoms with Crippen LogP contribution in [-0.4, -0.2) is 66.8 Å². The van der Waals surface area contributed by atoms with Crippen molar-refractivity contribution in [2.75, 3.05) is 26.9 Å². The van der Waals surface area contributed by atoms with Gasteiger partial charge in [0.05, 0.1) is 37.6 Å². The van der Waals surface area contributed by atoms with Gasteiger partial charge in [0.1, 0.15) is 5.75 Å². The molecule has 0 aromatic heterocycles. The lowest BCUT2D eigenvalue weighted by molar-refractivity contribution is 0.0765. The fourth-order valence-electron chi connectivity index (χ4n) is 7.69. The summed E-state index contributed by atoms with van der Waals surface area (Å²) in [7, 11) is 1.61. The van der Waals surface area contributed by atoms with Gasteiger partial charge in [-0.05, 0) is 98.2 Å². The third-order valence-corrected chi connectivity index (χ3v) is 10.6. The van der Waals surface area contributed by atoms with Gasteiger partial charge in [0.15, 0.2) is 11.5 Å². The molecule has 0 bridgehead atoms. The molecule has 4 aliphatic heterocycles. The van der Waals surface area contributed by atoms with E-state index >= 15 is 0 Å². The van der Waals surface area contributed by atoms with Crippen LogP contribution in [0.5, 0.6) is 17.2 Å². The van der Waals surface area contributed by atoms with Gasteiger partial charge in [-0.1, -0.05) is 29.8 Å². The number of methoxy groups -OCH3 is 1. The van der Waals surface area contributed by atoms with Crippen molar-refractivity contribution in [2.24, 2.45) is 10.4 Å². The van der Waals surface area contributed by atoms with E-state index in [1.54, 1.807) is 7.11 Å². The molecule has 3 aromatic rings. The number of amides is 2. The van der Waals surface area contributed by atoms with Gasteiger partial charge < -0.3 is 24.0 Å². The lowest BCUT2D eigenvalue weighted by atomic mass is 9.97. The molecule has 0 unspecified atom stereocenters. The predicted octanol–water partition coefficient (Wildman–Crippen LogP) is 7.07. The Hall–Kier alpha value is -4.59. The average Bonchev–Trinajstić information content (AvgIpc) is 3.60. The molecule has 47 heavy (non-hydrogen) atoms. The summed E-state index contributed by atoms with van der Waals surface area (Å²) in [6, 6.07) is 16.4. The first-order chi connectivity index (χ1) is 22.8. The van der Waals surface area contributed by atoms with E-state index in [0.29, 0.717) is 53.4 Å². The Morgan fingerprint density at radius 3 is 2.47 bits per heavy atom. The van der Waals surface area contributed by atoms with Gasteiger partial charge in [0.25, 0.3) is 11.8 Å². The maximum atomic E-state index is 13.7. The molecule has 1 saturated carbocycles. The van der Waals surface area contributed by atoms with Crippen LogP contribution in [-0.2, 0) is 6.42 Å². The highest BCUT2D eigenvalue weighted by Crippen LogP contribution is 2.55. The zero-order valence-electron chi connectivity index (χ0n) is 27.4. The summed E-state index contributed by atoms with van der Waals surface area (Å²) in [5.74, 6) is 2.01. The lowest BCUT2D eigenvalue weighted by Gasteiger charge is -2.21. The second-order valence-electron chi connectivity index (χ2n) is 14.0. The lowest BCUT2D eigenvalue weighted by Crippen LogP contribution is -2.35. The van der Waals surface area contributed by atoms with Crippen LogP contribution in [0.1, 0.15) is 81.5 Å². The van der Waals surface area contributed by atoms with E-state index in [1.807, 2.05) is 53.4 Å². The van der Waals surface area contributed by atoms with Crippen molar-refractivity contribution in [1.82, 2.24) is 9.80 Å². The Balaban J connectivity index is 0.903. The monoisotopic (exact) mass is 631 g/mol. The highest BCUT2D eigenvalue weighted by molar-refractivity contribution is 6.03. The summed E-state index contributed by atoms with van der Waals surface area (Å²) in [6.45, 7) is 5.79. The van der Waals surface area contributed by atoms with Gasteiger partial charge in [0.2, 0.25) is 0 Å². The normalized spacial score (nSPS) is 21.8. The standard InChI is InChI=1S/C39H41N3O5/c1-24-5-7-26(8-6-24)28-16-29-10-9-27-17-36(35(45-3)18-31(27)37(43)41(29)22-28)47-14-4-13-46-34-19-33-32(15-25(34)2)38(44)42-23-39(11-12-39)20-30(42)21-40-33/h5-8,15,17-19,21-22,29-30H,4,9-14,16,20,23H2,1-3H3/t29-,30+/m1/s1. The molecule has 8 nitrogen and oxygen atoms in total. The fourth-order valence-corrected chi connectivity index (χ4v) is 7.69. The Bertz CT molecular complexity index is 1820. The van der Waals surface area contributed by atoms with Crippen molar-refractivity contribution in [3.05, 3.63) is 88.1 Å². The molecule has 8 heteroatoms. The van der Waals surface area contributed by atoms with Crippen LogP contribution in [0.15, 0.2) is 59.7 Å². The number of carbonyl (C=O) groups is 2. The number of carbonyl (C=O) groups excluding carboxylic acids is 2. The van der Waals surface area contributed by atoms with Crippen molar-refractivity contribution < 1.29 is 23.8 Å². The minimum Gasteiger partial charge on any atom is -0.493 e. The Morgan fingerprint density at radius 2 is 1.70 bits per heavy atom. The van der Waals surface area contributed by atoms with Crippen molar-refractivity contribution in [3.63, 3.8) is 0 Å². The molecule has 8 rings (SSSR count). The van der Waals surface area contributed by atoms with Gasteiger partial charge in [-0.3, -0.25) is 14.6 Å². The van der Waals surface area contributed by atoms with Gasteiger partial charge in [-0.15, -0.1) is 0 Å². The zero-order chi connectivity index (χ0) is 32.3. The van der Waals surface area contributed by atoms with Crippen molar-refractivity contribution in [3.8, 4) is 17.2 Å². The number of benzene rings is 3. The van der Waals surface area contributed by atoms with Crippen LogP contribution in [0.4, 0.5) is 5.69 Å². The molecule has 3 aromatic carbocycles. The van der Waals surface area contributed by atoms with Crippen LogP contribution in [0.25, 0.3) is 5.57 Å². The summed E-state index contributed by atoms with van der Waals surface area (Å²) in [5.41, 5.74) is 7.87. The Morgan fingerprint density at radius 1 is 0.915 bits per heavy atom. The van der Waals surface area contributed by atoms with Gasteiger partial charge in [-0.25, -0.2) is 0 Å². The SMILES string of the molecule is COc1cc2c(cc1OCCCOc1cc3c(cc1C)C(=O)N1CC4(CC4)C[C@H]1C=N3)CC[C@@H]1CC(c3ccc(C)cc3)=CN1C2=O. The van der Waals surface area contributed by atoms with E-state index in [9.17, 15) is 9.59 Å². The van der Waals surface area contributed by atoms with E-state index < -0.39 is 0 Å². The van der Waals surface area contributed by atoms with E-state index in [4.69, 9.17) is 19.2 Å². The molecular formula is C39H41N3O5. The molecule has 242 valence electrons. The number of aryl methyl sites for hydroxylation is 3. The molecule has 5 aliphatic rings. The Kier molecular flexibility index (Phi) is 7.34. The average molecular weight is 632 g/mol. The topological polar surface area (TPSA) is 80.7 Å². The number of hydrogen-bond acceptors (Lipinski definition) is 6. The van der Waals surface area contributed by atoms with E-state index in [0.717, 1.165) is 49.1 Å². The summed E-state index contributed by atoms with van der Waals surface area (Å²) in [5, 5.41) is 0. The van der Waals surface area contributed by atoms with E-state index in [2.05, 4.69) is 31.2 Å². The molecule has 2 atom stereocenters.